The number of aromatic nitrogens is 1. The topological polar surface area (TPSA) is 44.9 Å². The molecular weight excluding hydrogens is 367 g/mol. The van der Waals surface area contributed by atoms with Crippen molar-refractivity contribution in [2.75, 3.05) is 5.32 Å². The normalized spacial score (nSPS) is 10.8. The molecule has 2 N–H and O–H groups in total. The summed E-state index contributed by atoms with van der Waals surface area (Å²) in [7, 11) is 0. The largest absolute Gasteiger partial charge is 0.349 e. The quantitative estimate of drug-likeness (QED) is 0.424. The standard InChI is InChI=1S/C21H14Cl2N2O/c22-14-10-11-18-16(12-14)19(23)20(24-18)21(26)25-17-9-5-4-8-15(17)13-6-2-1-3-7-13/h1-12,24H,(H,25,26). The highest BCUT2D eigenvalue weighted by atomic mass is 35.5. The number of halogens is 2. The molecule has 0 aliphatic carbocycles. The molecule has 0 unspecified atom stereocenters. The van der Waals surface area contributed by atoms with Crippen LogP contribution in [0.15, 0.2) is 72.8 Å². The molecule has 4 rings (SSSR count). The van der Waals surface area contributed by atoms with Gasteiger partial charge in [0.2, 0.25) is 0 Å². The molecule has 0 aliphatic heterocycles. The van der Waals surface area contributed by atoms with Crippen molar-refractivity contribution in [3.63, 3.8) is 0 Å². The number of hydrogen-bond acceptors (Lipinski definition) is 1. The van der Waals surface area contributed by atoms with Gasteiger partial charge in [0.1, 0.15) is 5.69 Å². The lowest BCUT2D eigenvalue weighted by atomic mass is 10.0. The van der Waals surface area contributed by atoms with Crippen LogP contribution in [0, 0.1) is 0 Å². The van der Waals surface area contributed by atoms with Gasteiger partial charge in [0, 0.05) is 27.2 Å². The molecule has 0 saturated heterocycles. The predicted molar refractivity (Wildman–Crippen MR) is 108 cm³/mol. The Balaban J connectivity index is 1.71. The van der Waals surface area contributed by atoms with Crippen LogP contribution in [0.5, 0.6) is 0 Å². The first-order valence-electron chi connectivity index (χ1n) is 8.06. The molecule has 0 spiro atoms. The average molecular weight is 381 g/mol. The number of anilines is 1. The number of H-pyrrole nitrogens is 1. The molecule has 0 radical (unpaired) electrons. The molecule has 1 aromatic heterocycles. The lowest BCUT2D eigenvalue weighted by molar-refractivity contribution is 0.102. The van der Waals surface area contributed by atoms with Gasteiger partial charge >= 0.3 is 0 Å². The summed E-state index contributed by atoms with van der Waals surface area (Å²) in [5.74, 6) is -0.300. The Hall–Kier alpha value is -2.75. The Bertz CT molecular complexity index is 1100. The number of para-hydroxylation sites is 1. The highest BCUT2D eigenvalue weighted by molar-refractivity contribution is 6.40. The number of carbonyl (C=O) groups excluding carboxylic acids is 1. The fourth-order valence-corrected chi connectivity index (χ4v) is 3.40. The van der Waals surface area contributed by atoms with Crippen molar-refractivity contribution in [2.24, 2.45) is 0 Å². The molecule has 0 atom stereocenters. The van der Waals surface area contributed by atoms with Crippen molar-refractivity contribution in [3.05, 3.63) is 88.5 Å². The fraction of sp³-hybridized carbons (Fsp3) is 0. The molecule has 0 aliphatic rings. The van der Waals surface area contributed by atoms with Crippen molar-refractivity contribution in [3.8, 4) is 11.1 Å². The van der Waals surface area contributed by atoms with E-state index in [-0.39, 0.29) is 5.91 Å². The maximum absolute atomic E-state index is 12.8. The van der Waals surface area contributed by atoms with E-state index >= 15 is 0 Å². The molecule has 4 aromatic rings. The van der Waals surface area contributed by atoms with Crippen molar-refractivity contribution < 1.29 is 4.79 Å². The lowest BCUT2D eigenvalue weighted by Gasteiger charge is -2.11. The second-order valence-corrected chi connectivity index (χ2v) is 6.68. The molecule has 0 bridgehead atoms. The van der Waals surface area contributed by atoms with Gasteiger partial charge in [-0.15, -0.1) is 0 Å². The Labute approximate surface area is 160 Å². The molecule has 128 valence electrons. The molecule has 1 amide bonds. The number of benzene rings is 3. The van der Waals surface area contributed by atoms with Crippen LogP contribution >= 0.6 is 23.2 Å². The number of hydrogen-bond donors (Lipinski definition) is 2. The SMILES string of the molecule is O=C(Nc1ccccc1-c1ccccc1)c1[nH]c2ccc(Cl)cc2c1Cl. The van der Waals surface area contributed by atoms with Crippen molar-refractivity contribution in [2.45, 2.75) is 0 Å². The van der Waals surface area contributed by atoms with Gasteiger partial charge in [0.15, 0.2) is 0 Å². The van der Waals surface area contributed by atoms with E-state index in [0.717, 1.165) is 27.7 Å². The van der Waals surface area contributed by atoms with E-state index in [4.69, 9.17) is 23.2 Å². The Morgan fingerprint density at radius 3 is 2.42 bits per heavy atom. The summed E-state index contributed by atoms with van der Waals surface area (Å²) in [4.78, 5) is 15.9. The molecule has 26 heavy (non-hydrogen) atoms. The first-order valence-corrected chi connectivity index (χ1v) is 8.81. The monoisotopic (exact) mass is 380 g/mol. The number of aromatic amines is 1. The summed E-state index contributed by atoms with van der Waals surface area (Å²) in [6.45, 7) is 0. The Kier molecular flexibility index (Phi) is 4.41. The third-order valence-corrected chi connectivity index (χ3v) is 4.81. The molecule has 3 nitrogen and oxygen atoms in total. The summed E-state index contributed by atoms with van der Waals surface area (Å²) in [5.41, 5.74) is 3.76. The summed E-state index contributed by atoms with van der Waals surface area (Å²) in [5, 5.41) is 4.60. The van der Waals surface area contributed by atoms with Gasteiger partial charge in [-0.3, -0.25) is 4.79 Å². The van der Waals surface area contributed by atoms with Gasteiger partial charge < -0.3 is 10.3 Å². The zero-order valence-electron chi connectivity index (χ0n) is 13.6. The minimum absolute atomic E-state index is 0.300. The number of nitrogens with one attached hydrogen (secondary N) is 2. The smallest absolute Gasteiger partial charge is 0.273 e. The fourth-order valence-electron chi connectivity index (χ4n) is 2.93. The third-order valence-electron chi connectivity index (χ3n) is 4.18. The third kappa shape index (κ3) is 3.07. The van der Waals surface area contributed by atoms with Crippen LogP contribution in [0.4, 0.5) is 5.69 Å². The summed E-state index contributed by atoms with van der Waals surface area (Å²) in [6.07, 6.45) is 0. The molecule has 5 heteroatoms. The maximum Gasteiger partial charge on any atom is 0.273 e. The van der Waals surface area contributed by atoms with Gasteiger partial charge in [0.05, 0.1) is 5.02 Å². The highest BCUT2D eigenvalue weighted by Crippen LogP contribution is 2.32. The average Bonchev–Trinajstić information content (AvgIpc) is 2.99. The van der Waals surface area contributed by atoms with Crippen LogP contribution in [0.3, 0.4) is 0 Å². The van der Waals surface area contributed by atoms with Gasteiger partial charge in [-0.05, 0) is 29.8 Å². The van der Waals surface area contributed by atoms with Crippen LogP contribution in [0.25, 0.3) is 22.0 Å². The molecule has 0 saturated carbocycles. The maximum atomic E-state index is 12.8. The van der Waals surface area contributed by atoms with Gasteiger partial charge in [-0.1, -0.05) is 71.7 Å². The van der Waals surface area contributed by atoms with Crippen molar-refractivity contribution in [1.82, 2.24) is 4.98 Å². The van der Waals surface area contributed by atoms with E-state index < -0.39 is 0 Å². The Morgan fingerprint density at radius 2 is 1.62 bits per heavy atom. The van der Waals surface area contributed by atoms with Crippen LogP contribution < -0.4 is 5.32 Å². The van der Waals surface area contributed by atoms with E-state index in [0.29, 0.717) is 15.7 Å². The second-order valence-electron chi connectivity index (χ2n) is 5.87. The zero-order valence-corrected chi connectivity index (χ0v) is 15.1. The molecule has 0 fully saturated rings. The summed E-state index contributed by atoms with van der Waals surface area (Å²) < 4.78 is 0. The first kappa shape index (κ1) is 16.7. The first-order chi connectivity index (χ1) is 12.6. The van der Waals surface area contributed by atoms with E-state index in [1.807, 2.05) is 54.6 Å². The minimum atomic E-state index is -0.300. The Morgan fingerprint density at radius 1 is 0.885 bits per heavy atom. The number of carbonyl (C=O) groups is 1. The number of amides is 1. The van der Waals surface area contributed by atoms with Gasteiger partial charge in [0.25, 0.3) is 5.91 Å². The van der Waals surface area contributed by atoms with Crippen molar-refractivity contribution in [1.29, 1.82) is 0 Å². The van der Waals surface area contributed by atoms with Crippen LogP contribution in [-0.4, -0.2) is 10.9 Å². The second kappa shape index (κ2) is 6.87. The van der Waals surface area contributed by atoms with E-state index in [9.17, 15) is 4.79 Å². The van der Waals surface area contributed by atoms with E-state index in [1.54, 1.807) is 18.2 Å². The number of rotatable bonds is 3. The van der Waals surface area contributed by atoms with E-state index in [1.165, 1.54) is 0 Å². The van der Waals surface area contributed by atoms with E-state index in [2.05, 4.69) is 10.3 Å². The minimum Gasteiger partial charge on any atom is -0.349 e. The number of fused-ring (bicyclic) bond motifs is 1. The predicted octanol–water partition coefficient (Wildman–Crippen LogP) is 6.39. The molecular formula is C21H14Cl2N2O. The van der Waals surface area contributed by atoms with Crippen LogP contribution in [0.1, 0.15) is 10.5 Å². The van der Waals surface area contributed by atoms with Crippen LogP contribution in [0.2, 0.25) is 10.0 Å². The van der Waals surface area contributed by atoms with Gasteiger partial charge in [-0.2, -0.15) is 0 Å². The van der Waals surface area contributed by atoms with Gasteiger partial charge in [-0.25, -0.2) is 0 Å². The van der Waals surface area contributed by atoms with Crippen molar-refractivity contribution >= 4 is 45.7 Å². The summed E-state index contributed by atoms with van der Waals surface area (Å²) in [6, 6.07) is 22.9. The highest BCUT2D eigenvalue weighted by Gasteiger charge is 2.18. The molecule has 1 heterocycles. The lowest BCUT2D eigenvalue weighted by Crippen LogP contribution is -2.13. The van der Waals surface area contributed by atoms with Crippen LogP contribution in [-0.2, 0) is 0 Å². The zero-order chi connectivity index (χ0) is 18.1. The summed E-state index contributed by atoms with van der Waals surface area (Å²) >= 11 is 12.4. The molecule has 3 aromatic carbocycles.